The third kappa shape index (κ3) is 7.21. The highest BCUT2D eigenvalue weighted by molar-refractivity contribution is 7.99. The maximum atomic E-state index is 13.2. The molecule has 0 bridgehead atoms. The van der Waals surface area contributed by atoms with Crippen LogP contribution >= 0.6 is 11.8 Å². The molecule has 202 valence electrons. The van der Waals surface area contributed by atoms with Crippen molar-refractivity contribution in [2.45, 2.75) is 48.7 Å². The molecule has 4 rings (SSSR count). The number of sulfonamides is 1. The van der Waals surface area contributed by atoms with Crippen molar-refractivity contribution in [2.24, 2.45) is 5.14 Å². The molecule has 12 heteroatoms. The summed E-state index contributed by atoms with van der Waals surface area (Å²) >= 11 is 1.18. The second kappa shape index (κ2) is 12.5. The number of nitrogens with zero attached hydrogens (tertiary/aromatic N) is 3. The number of nitrogens with one attached hydrogen (secondary N) is 1. The predicted molar refractivity (Wildman–Crippen MR) is 146 cm³/mol. The summed E-state index contributed by atoms with van der Waals surface area (Å²) in [6, 6.07) is 13.3. The Morgan fingerprint density at radius 3 is 2.47 bits per heavy atom. The van der Waals surface area contributed by atoms with Crippen LogP contribution in [-0.2, 0) is 32.6 Å². The van der Waals surface area contributed by atoms with Gasteiger partial charge in [0.2, 0.25) is 21.8 Å². The van der Waals surface area contributed by atoms with E-state index in [9.17, 15) is 22.8 Å². The largest absolute Gasteiger partial charge is 0.355 e. The van der Waals surface area contributed by atoms with Crippen LogP contribution in [0.2, 0.25) is 0 Å². The molecule has 1 aromatic heterocycles. The number of amides is 2. The van der Waals surface area contributed by atoms with Crippen LogP contribution in [0.3, 0.4) is 0 Å². The van der Waals surface area contributed by atoms with E-state index in [0.29, 0.717) is 48.4 Å². The summed E-state index contributed by atoms with van der Waals surface area (Å²) in [4.78, 5) is 44.7. The van der Waals surface area contributed by atoms with Crippen molar-refractivity contribution in [1.29, 1.82) is 0 Å². The third-order valence-electron chi connectivity index (χ3n) is 6.38. The van der Waals surface area contributed by atoms with Crippen molar-refractivity contribution < 1.29 is 18.0 Å². The van der Waals surface area contributed by atoms with Crippen LogP contribution in [0.5, 0.6) is 0 Å². The standard InChI is InChI=1S/C26H31N5O5S2/c27-38(35,36)20-11-9-19(10-12-20)13-14-28-23(32)18-37-26-29-22-7-2-1-6-21(22)25(34)31(26)17-5-8-24(33)30-15-3-4-16-30/h1-2,6-7,9-12H,3-5,8,13-18H2,(H,28,32)(H2,27,35,36). The Morgan fingerprint density at radius 1 is 1.05 bits per heavy atom. The Morgan fingerprint density at radius 2 is 1.76 bits per heavy atom. The van der Waals surface area contributed by atoms with Crippen molar-refractivity contribution in [3.05, 3.63) is 64.4 Å². The first-order valence-corrected chi connectivity index (χ1v) is 15.0. The van der Waals surface area contributed by atoms with Crippen molar-refractivity contribution in [3.8, 4) is 0 Å². The average molecular weight is 558 g/mol. The molecule has 0 radical (unpaired) electrons. The molecule has 0 saturated carbocycles. The molecule has 38 heavy (non-hydrogen) atoms. The minimum absolute atomic E-state index is 0.0380. The topological polar surface area (TPSA) is 144 Å². The van der Waals surface area contributed by atoms with Gasteiger partial charge in [0.15, 0.2) is 5.16 Å². The lowest BCUT2D eigenvalue weighted by Crippen LogP contribution is -2.29. The van der Waals surface area contributed by atoms with E-state index < -0.39 is 10.0 Å². The van der Waals surface area contributed by atoms with Crippen molar-refractivity contribution in [2.75, 3.05) is 25.4 Å². The van der Waals surface area contributed by atoms with Gasteiger partial charge >= 0.3 is 0 Å². The summed E-state index contributed by atoms with van der Waals surface area (Å²) in [6.45, 7) is 2.31. The maximum absolute atomic E-state index is 13.2. The smallest absolute Gasteiger partial charge is 0.262 e. The summed E-state index contributed by atoms with van der Waals surface area (Å²) in [7, 11) is -3.74. The van der Waals surface area contributed by atoms with Gasteiger partial charge in [-0.1, -0.05) is 36.0 Å². The van der Waals surface area contributed by atoms with Gasteiger partial charge in [0.05, 0.1) is 21.6 Å². The number of aromatic nitrogens is 2. The van der Waals surface area contributed by atoms with Crippen LogP contribution in [0.25, 0.3) is 10.9 Å². The van der Waals surface area contributed by atoms with Crippen LogP contribution in [0.1, 0.15) is 31.2 Å². The number of carbonyl (C=O) groups excluding carboxylic acids is 2. The number of thioether (sulfide) groups is 1. The monoisotopic (exact) mass is 557 g/mol. The lowest BCUT2D eigenvalue weighted by atomic mass is 10.1. The van der Waals surface area contributed by atoms with Gasteiger partial charge in [-0.3, -0.25) is 19.0 Å². The normalized spacial score (nSPS) is 13.7. The van der Waals surface area contributed by atoms with Gasteiger partial charge < -0.3 is 10.2 Å². The van der Waals surface area contributed by atoms with Gasteiger partial charge in [-0.2, -0.15) is 0 Å². The van der Waals surface area contributed by atoms with E-state index >= 15 is 0 Å². The molecule has 10 nitrogen and oxygen atoms in total. The molecule has 1 fully saturated rings. The highest BCUT2D eigenvalue weighted by atomic mass is 32.2. The molecule has 1 aliphatic heterocycles. The van der Waals surface area contributed by atoms with Crippen LogP contribution in [-0.4, -0.2) is 60.1 Å². The number of hydrogen-bond donors (Lipinski definition) is 2. The fraction of sp³-hybridized carbons (Fsp3) is 0.385. The Hall–Kier alpha value is -3.22. The maximum Gasteiger partial charge on any atom is 0.262 e. The van der Waals surface area contributed by atoms with Crippen LogP contribution in [0.15, 0.2) is 63.4 Å². The van der Waals surface area contributed by atoms with Crippen LogP contribution in [0.4, 0.5) is 0 Å². The zero-order valence-corrected chi connectivity index (χ0v) is 22.6. The molecule has 3 N–H and O–H groups in total. The number of hydrogen-bond acceptors (Lipinski definition) is 7. The van der Waals surface area contributed by atoms with Gasteiger partial charge in [-0.15, -0.1) is 0 Å². The second-order valence-electron chi connectivity index (χ2n) is 9.14. The number of likely N-dealkylation sites (tertiary alicyclic amines) is 1. The molecule has 0 atom stereocenters. The fourth-order valence-corrected chi connectivity index (χ4v) is 5.71. The molecule has 3 aromatic rings. The summed E-state index contributed by atoms with van der Waals surface area (Å²) < 4.78 is 24.3. The molecule has 1 saturated heterocycles. The van der Waals surface area contributed by atoms with Crippen LogP contribution < -0.4 is 16.0 Å². The predicted octanol–water partition coefficient (Wildman–Crippen LogP) is 1.90. The third-order valence-corrected chi connectivity index (χ3v) is 8.28. The van der Waals surface area contributed by atoms with Gasteiger partial charge in [0.25, 0.3) is 5.56 Å². The van der Waals surface area contributed by atoms with E-state index in [-0.39, 0.29) is 28.0 Å². The van der Waals surface area contributed by atoms with E-state index in [0.717, 1.165) is 31.5 Å². The minimum atomic E-state index is -3.74. The lowest BCUT2D eigenvalue weighted by molar-refractivity contribution is -0.130. The number of benzene rings is 2. The Labute approximate surface area is 225 Å². The molecule has 2 amide bonds. The van der Waals surface area contributed by atoms with Crippen LogP contribution in [0, 0.1) is 0 Å². The number of nitrogens with two attached hydrogens (primary N) is 1. The Kier molecular flexibility index (Phi) is 9.18. The highest BCUT2D eigenvalue weighted by Crippen LogP contribution is 2.19. The van der Waals surface area contributed by atoms with Crippen molar-refractivity contribution >= 4 is 44.5 Å². The summed E-state index contributed by atoms with van der Waals surface area (Å²) in [5, 5.41) is 8.89. The van der Waals surface area contributed by atoms with Crippen molar-refractivity contribution in [1.82, 2.24) is 19.8 Å². The Bertz CT molecular complexity index is 1470. The number of para-hydroxylation sites is 1. The number of carbonyl (C=O) groups is 2. The van der Waals surface area contributed by atoms with Gasteiger partial charge in [0, 0.05) is 32.6 Å². The van der Waals surface area contributed by atoms with E-state index in [1.54, 1.807) is 34.9 Å². The summed E-state index contributed by atoms with van der Waals surface area (Å²) in [5.74, 6) is -0.0338. The zero-order chi connectivity index (χ0) is 27.1. The van der Waals surface area contributed by atoms with Gasteiger partial charge in [0.1, 0.15) is 0 Å². The van der Waals surface area contributed by atoms with Gasteiger partial charge in [-0.05, 0) is 55.5 Å². The fourth-order valence-electron chi connectivity index (χ4n) is 4.34. The molecule has 2 aromatic carbocycles. The highest BCUT2D eigenvalue weighted by Gasteiger charge is 2.18. The van der Waals surface area contributed by atoms with E-state index in [1.165, 1.54) is 23.9 Å². The first-order chi connectivity index (χ1) is 18.2. The lowest BCUT2D eigenvalue weighted by Gasteiger charge is -2.16. The van der Waals surface area contributed by atoms with Crippen molar-refractivity contribution in [3.63, 3.8) is 0 Å². The Balaban J connectivity index is 1.35. The number of primary sulfonamides is 1. The zero-order valence-electron chi connectivity index (χ0n) is 21.0. The average Bonchev–Trinajstić information content (AvgIpc) is 3.44. The molecule has 0 aliphatic carbocycles. The molecule has 0 unspecified atom stereocenters. The van der Waals surface area contributed by atoms with E-state index in [2.05, 4.69) is 10.3 Å². The summed E-state index contributed by atoms with van der Waals surface area (Å²) in [5.41, 5.74) is 1.24. The first-order valence-electron chi connectivity index (χ1n) is 12.5. The molecule has 2 heterocycles. The molecule has 0 spiro atoms. The minimum Gasteiger partial charge on any atom is -0.355 e. The molecule has 1 aliphatic rings. The van der Waals surface area contributed by atoms with E-state index in [4.69, 9.17) is 5.14 Å². The number of rotatable bonds is 11. The summed E-state index contributed by atoms with van der Waals surface area (Å²) in [6.07, 6.45) is 3.47. The van der Waals surface area contributed by atoms with Gasteiger partial charge in [-0.25, -0.2) is 18.5 Å². The molecular weight excluding hydrogens is 526 g/mol. The first kappa shape index (κ1) is 27.8. The quantitative estimate of drug-likeness (QED) is 0.271. The SMILES string of the molecule is NS(=O)(=O)c1ccc(CCNC(=O)CSc2nc3ccccc3c(=O)n2CCCC(=O)N2CCCC2)cc1. The number of fused-ring (bicyclic) bond motifs is 1. The second-order valence-corrected chi connectivity index (χ2v) is 11.6. The molecular formula is C26H31N5O5S2. The van der Waals surface area contributed by atoms with E-state index in [1.807, 2.05) is 11.0 Å².